The molecule has 1 aromatic carbocycles. The number of nitrogens with two attached hydrogens (primary N) is 1. The molecule has 0 bridgehead atoms. The Morgan fingerprint density at radius 3 is 2.69 bits per heavy atom. The molecule has 2 atom stereocenters. The molecule has 6 nitrogen and oxygen atoms in total. The van der Waals surface area contributed by atoms with Crippen molar-refractivity contribution in [3.8, 4) is 0 Å². The lowest BCUT2D eigenvalue weighted by Gasteiger charge is -2.36. The molecular weight excluding hydrogens is 459 g/mol. The Labute approximate surface area is 183 Å². The van der Waals surface area contributed by atoms with Gasteiger partial charge in [0.2, 0.25) is 5.69 Å². The lowest BCUT2D eigenvalue weighted by molar-refractivity contribution is -0.209. The number of carbonyl (C=O) groups is 1. The van der Waals surface area contributed by atoms with Gasteiger partial charge in [0.05, 0.1) is 11.6 Å². The van der Waals surface area contributed by atoms with E-state index >= 15 is 0 Å². The second-order valence-electron chi connectivity index (χ2n) is 7.02. The molecule has 168 valence electrons. The van der Waals surface area contributed by atoms with Crippen LogP contribution < -0.4 is 5.73 Å². The SMILES string of the molecule is [C-]#[N+]c1cnc(C(=O)Cc2ccc(F)c([C@]3(CF)C[C@@H](C(F)(F)F)OC(N)=N3)c2)c(Cl)c1. The number of rotatable bonds is 5. The summed E-state index contributed by atoms with van der Waals surface area (Å²) in [5, 5.41) is -0.0686. The molecule has 0 saturated carbocycles. The van der Waals surface area contributed by atoms with E-state index in [-0.39, 0.29) is 28.4 Å². The number of hydrogen-bond donors (Lipinski definition) is 1. The molecule has 0 unspecified atom stereocenters. The molecule has 0 aliphatic carbocycles. The van der Waals surface area contributed by atoms with Crippen molar-refractivity contribution < 1.29 is 31.5 Å². The normalized spacial score (nSPS) is 20.8. The zero-order valence-corrected chi connectivity index (χ0v) is 16.8. The van der Waals surface area contributed by atoms with E-state index in [0.29, 0.717) is 0 Å². The molecule has 0 fully saturated rings. The van der Waals surface area contributed by atoms with Crippen molar-refractivity contribution >= 4 is 29.1 Å². The van der Waals surface area contributed by atoms with Crippen LogP contribution in [-0.4, -0.2) is 35.7 Å². The van der Waals surface area contributed by atoms with E-state index in [4.69, 9.17) is 23.9 Å². The second-order valence-corrected chi connectivity index (χ2v) is 7.42. The molecule has 1 aliphatic heterocycles. The summed E-state index contributed by atoms with van der Waals surface area (Å²) in [5.74, 6) is -1.61. The number of amidine groups is 1. The number of Topliss-reactive ketones (excluding diaryl/α,β-unsaturated/α-hetero) is 1. The average Bonchev–Trinajstić information content (AvgIpc) is 2.73. The lowest BCUT2D eigenvalue weighted by Crippen LogP contribution is -2.48. The van der Waals surface area contributed by atoms with Crippen molar-refractivity contribution in [2.75, 3.05) is 6.67 Å². The van der Waals surface area contributed by atoms with Crippen LogP contribution in [0.2, 0.25) is 5.02 Å². The Balaban J connectivity index is 1.97. The van der Waals surface area contributed by atoms with Gasteiger partial charge in [-0.15, -0.1) is 0 Å². The summed E-state index contributed by atoms with van der Waals surface area (Å²) in [6.07, 6.45) is -7.61. The fraction of sp³-hybridized carbons (Fsp3) is 0.300. The maximum Gasteiger partial charge on any atom is 0.425 e. The maximum atomic E-state index is 14.6. The molecule has 3 rings (SSSR count). The highest BCUT2D eigenvalue weighted by Crippen LogP contribution is 2.41. The van der Waals surface area contributed by atoms with E-state index in [1.54, 1.807) is 0 Å². The largest absolute Gasteiger partial charge is 0.452 e. The van der Waals surface area contributed by atoms with E-state index in [1.807, 2.05) is 0 Å². The topological polar surface area (TPSA) is 81.9 Å². The van der Waals surface area contributed by atoms with Gasteiger partial charge in [0.1, 0.15) is 23.7 Å². The molecule has 0 spiro atoms. The Hall–Kier alpha value is -3.26. The van der Waals surface area contributed by atoms with Crippen LogP contribution in [0.4, 0.5) is 27.6 Å². The van der Waals surface area contributed by atoms with Crippen molar-refractivity contribution in [2.45, 2.75) is 30.7 Å². The van der Waals surface area contributed by atoms with Crippen LogP contribution in [0.1, 0.15) is 28.0 Å². The molecule has 0 radical (unpaired) electrons. The number of pyridine rings is 1. The van der Waals surface area contributed by atoms with Crippen LogP contribution in [-0.2, 0) is 16.7 Å². The first-order valence-electron chi connectivity index (χ1n) is 8.99. The van der Waals surface area contributed by atoms with Gasteiger partial charge in [-0.3, -0.25) is 9.78 Å². The number of aromatic nitrogens is 1. The standard InChI is InChI=1S/C20H14ClF5N4O2/c1-28-11-6-13(21)17(29-8-11)15(31)5-10-2-3-14(23)12(4-10)19(9-22)7-16(20(24,25)26)32-18(27)30-19/h2-4,6,8,16H,5,7,9H2,(H2,27,30)/t16-,19+/m0/s1. The van der Waals surface area contributed by atoms with Gasteiger partial charge in [-0.05, 0) is 23.8 Å². The van der Waals surface area contributed by atoms with Crippen molar-refractivity contribution in [3.05, 3.63) is 69.5 Å². The minimum atomic E-state index is -4.88. The molecule has 32 heavy (non-hydrogen) atoms. The Kier molecular flexibility index (Phi) is 6.37. The summed E-state index contributed by atoms with van der Waals surface area (Å²) in [7, 11) is 0. The van der Waals surface area contributed by atoms with Crippen molar-refractivity contribution in [1.82, 2.24) is 4.98 Å². The van der Waals surface area contributed by atoms with Gasteiger partial charge in [-0.2, -0.15) is 13.2 Å². The molecule has 0 saturated heterocycles. The first-order valence-corrected chi connectivity index (χ1v) is 9.36. The first-order chi connectivity index (χ1) is 15.0. The summed E-state index contributed by atoms with van der Waals surface area (Å²) in [4.78, 5) is 23.2. The third kappa shape index (κ3) is 4.65. The fourth-order valence-corrected chi connectivity index (χ4v) is 3.55. The number of ether oxygens (including phenoxy) is 1. The molecule has 2 heterocycles. The molecule has 1 aliphatic rings. The summed E-state index contributed by atoms with van der Waals surface area (Å²) in [5.41, 5.74) is 2.70. The summed E-state index contributed by atoms with van der Waals surface area (Å²) in [6.45, 7) is 5.44. The zero-order chi connectivity index (χ0) is 23.7. The van der Waals surface area contributed by atoms with Crippen molar-refractivity contribution in [2.24, 2.45) is 10.7 Å². The number of benzene rings is 1. The van der Waals surface area contributed by atoms with Gasteiger partial charge in [0.25, 0.3) is 6.02 Å². The smallest absolute Gasteiger partial charge is 0.425 e. The first kappa shape index (κ1) is 23.4. The number of nitrogens with zero attached hydrogens (tertiary/aromatic N) is 3. The number of ketones is 1. The Morgan fingerprint density at radius 2 is 2.09 bits per heavy atom. The summed E-state index contributed by atoms with van der Waals surface area (Å²) < 4.78 is 72.7. The second kappa shape index (κ2) is 8.70. The van der Waals surface area contributed by atoms with Crippen LogP contribution >= 0.6 is 11.6 Å². The lowest BCUT2D eigenvalue weighted by atomic mass is 9.83. The van der Waals surface area contributed by atoms with Gasteiger partial charge >= 0.3 is 6.18 Å². The average molecular weight is 473 g/mol. The quantitative estimate of drug-likeness (QED) is 0.389. The van der Waals surface area contributed by atoms with Gasteiger partial charge in [-0.25, -0.2) is 18.6 Å². The minimum absolute atomic E-state index is 0.0686. The van der Waals surface area contributed by atoms with Gasteiger partial charge in [0, 0.05) is 24.6 Å². The van der Waals surface area contributed by atoms with Gasteiger partial charge < -0.3 is 10.5 Å². The predicted octanol–water partition coefficient (Wildman–Crippen LogP) is 4.68. The molecule has 12 heteroatoms. The molecule has 0 amide bonds. The van der Waals surface area contributed by atoms with E-state index in [2.05, 4.69) is 19.6 Å². The minimum Gasteiger partial charge on any atom is -0.452 e. The highest BCUT2D eigenvalue weighted by molar-refractivity contribution is 6.33. The van der Waals surface area contributed by atoms with Crippen LogP contribution in [0.3, 0.4) is 0 Å². The van der Waals surface area contributed by atoms with E-state index < -0.39 is 54.1 Å². The predicted molar refractivity (Wildman–Crippen MR) is 105 cm³/mol. The van der Waals surface area contributed by atoms with Gasteiger partial charge in [0.15, 0.2) is 11.9 Å². The third-order valence-corrected chi connectivity index (χ3v) is 5.10. The van der Waals surface area contributed by atoms with Crippen molar-refractivity contribution in [3.63, 3.8) is 0 Å². The number of aliphatic imine (C=N–C) groups is 1. The van der Waals surface area contributed by atoms with Crippen LogP contribution in [0, 0.1) is 12.4 Å². The highest BCUT2D eigenvalue weighted by atomic mass is 35.5. The van der Waals surface area contributed by atoms with E-state index in [0.717, 1.165) is 18.3 Å². The van der Waals surface area contributed by atoms with E-state index in [1.165, 1.54) is 12.1 Å². The summed E-state index contributed by atoms with van der Waals surface area (Å²) >= 11 is 5.98. The molecule has 2 N–H and O–H groups in total. The monoisotopic (exact) mass is 472 g/mol. The third-order valence-electron chi connectivity index (χ3n) is 4.81. The highest BCUT2D eigenvalue weighted by Gasteiger charge is 2.52. The van der Waals surface area contributed by atoms with Crippen LogP contribution in [0.5, 0.6) is 0 Å². The Bertz CT molecular complexity index is 1130. The Morgan fingerprint density at radius 1 is 1.38 bits per heavy atom. The number of alkyl halides is 4. The number of halogens is 6. The van der Waals surface area contributed by atoms with Crippen LogP contribution in [0.25, 0.3) is 4.85 Å². The van der Waals surface area contributed by atoms with Crippen LogP contribution in [0.15, 0.2) is 35.5 Å². The fourth-order valence-electron chi connectivity index (χ4n) is 3.29. The van der Waals surface area contributed by atoms with Gasteiger partial charge in [-0.1, -0.05) is 17.7 Å². The molecular formula is C20H14ClF5N4O2. The number of carbonyl (C=O) groups excluding carboxylic acids is 1. The summed E-state index contributed by atoms with van der Waals surface area (Å²) in [6, 6.07) is 3.50. The molecule has 2 aromatic rings. The van der Waals surface area contributed by atoms with Crippen molar-refractivity contribution in [1.29, 1.82) is 0 Å². The zero-order valence-electron chi connectivity index (χ0n) is 16.1. The molecule has 1 aromatic heterocycles. The maximum absolute atomic E-state index is 14.6. The number of hydrogen-bond acceptors (Lipinski definition) is 5. The van der Waals surface area contributed by atoms with E-state index in [9.17, 15) is 26.7 Å².